The number of aromatic nitrogens is 3. The lowest BCUT2D eigenvalue weighted by molar-refractivity contribution is 0.0303. The lowest BCUT2D eigenvalue weighted by atomic mass is 9.93. The molecule has 216 valence electrons. The van der Waals surface area contributed by atoms with Crippen LogP contribution in [0.4, 0.5) is 11.8 Å². The molecule has 3 heterocycles. The molecule has 2 aromatic heterocycles. The number of methoxy groups -OCH3 is 1. The van der Waals surface area contributed by atoms with Crippen LogP contribution in [0.2, 0.25) is 0 Å². The summed E-state index contributed by atoms with van der Waals surface area (Å²) in [6, 6.07) is 16.7. The highest BCUT2D eigenvalue weighted by molar-refractivity contribution is 6.09. The lowest BCUT2D eigenvalue weighted by Gasteiger charge is -2.28. The van der Waals surface area contributed by atoms with Crippen molar-refractivity contribution in [2.24, 2.45) is 0 Å². The summed E-state index contributed by atoms with van der Waals surface area (Å²) >= 11 is 0. The Kier molecular flexibility index (Phi) is 8.34. The molecule has 2 aromatic carbocycles. The van der Waals surface area contributed by atoms with Crippen LogP contribution in [0.3, 0.4) is 0 Å². The van der Waals surface area contributed by atoms with Gasteiger partial charge in [0, 0.05) is 55.3 Å². The predicted octanol–water partition coefficient (Wildman–Crippen LogP) is 4.79. The second-order valence-corrected chi connectivity index (χ2v) is 10.6. The first-order valence-electron chi connectivity index (χ1n) is 14.4. The van der Waals surface area contributed by atoms with Gasteiger partial charge in [-0.2, -0.15) is 0 Å². The van der Waals surface area contributed by atoms with Crippen molar-refractivity contribution in [3.63, 3.8) is 0 Å². The van der Waals surface area contributed by atoms with Gasteiger partial charge >= 0.3 is 0 Å². The molecule has 2 amide bonds. The quantitative estimate of drug-likeness (QED) is 0.328. The molecule has 6 rings (SSSR count). The monoisotopic (exact) mass is 566 g/mol. The van der Waals surface area contributed by atoms with Gasteiger partial charge in [0.1, 0.15) is 5.82 Å². The molecule has 10 heteroatoms. The third-order valence-corrected chi connectivity index (χ3v) is 7.97. The molecule has 10 nitrogen and oxygen atoms in total. The molecule has 0 atom stereocenters. The van der Waals surface area contributed by atoms with Crippen molar-refractivity contribution in [2.75, 3.05) is 44.0 Å². The summed E-state index contributed by atoms with van der Waals surface area (Å²) in [6.45, 7) is 2.29. The van der Waals surface area contributed by atoms with Crippen LogP contribution in [-0.2, 0) is 9.47 Å². The standard InChI is InChI=1S/C32H34N6O4/c1-41-25-13-11-24(12-14-25)35-32-34-20-27-28(36-32)26(19-33-29(27)37-30(39)22-5-3-2-4-6-22)21-7-9-23(10-8-21)31(40)38-15-17-42-18-16-38/h2-10,19-20,24-25H,11-18H2,1H3,(H,33,37,39)(H,34,35,36)/t24-,25-. The summed E-state index contributed by atoms with van der Waals surface area (Å²) in [6.07, 6.45) is 7.64. The molecule has 0 bridgehead atoms. The van der Waals surface area contributed by atoms with E-state index in [4.69, 9.17) is 14.5 Å². The summed E-state index contributed by atoms with van der Waals surface area (Å²) in [5.74, 6) is 0.633. The fourth-order valence-corrected chi connectivity index (χ4v) is 5.54. The molecule has 2 fully saturated rings. The maximum Gasteiger partial charge on any atom is 0.256 e. The van der Waals surface area contributed by atoms with Crippen LogP contribution in [0.1, 0.15) is 46.4 Å². The Morgan fingerprint density at radius 3 is 2.36 bits per heavy atom. The molecular formula is C32H34N6O4. The van der Waals surface area contributed by atoms with Crippen LogP contribution < -0.4 is 10.6 Å². The molecular weight excluding hydrogens is 532 g/mol. The van der Waals surface area contributed by atoms with E-state index in [1.54, 1.807) is 31.6 Å². The van der Waals surface area contributed by atoms with Crippen molar-refractivity contribution in [3.8, 4) is 11.1 Å². The van der Waals surface area contributed by atoms with Gasteiger partial charge < -0.3 is 25.0 Å². The van der Waals surface area contributed by atoms with Crippen LogP contribution in [0.5, 0.6) is 0 Å². The molecule has 1 saturated carbocycles. The Morgan fingerprint density at radius 2 is 1.64 bits per heavy atom. The fourth-order valence-electron chi connectivity index (χ4n) is 5.54. The molecule has 2 N–H and O–H groups in total. The van der Waals surface area contributed by atoms with Crippen LogP contribution in [-0.4, -0.2) is 77.2 Å². The molecule has 42 heavy (non-hydrogen) atoms. The Hall–Kier alpha value is -4.41. The van der Waals surface area contributed by atoms with Gasteiger partial charge in [-0.15, -0.1) is 0 Å². The third-order valence-electron chi connectivity index (χ3n) is 7.97. The van der Waals surface area contributed by atoms with Gasteiger partial charge in [-0.25, -0.2) is 15.0 Å². The topological polar surface area (TPSA) is 119 Å². The minimum atomic E-state index is -0.264. The van der Waals surface area contributed by atoms with Crippen LogP contribution in [0.15, 0.2) is 67.0 Å². The van der Waals surface area contributed by atoms with E-state index in [-0.39, 0.29) is 17.9 Å². The van der Waals surface area contributed by atoms with Gasteiger partial charge in [-0.3, -0.25) is 9.59 Å². The molecule has 0 radical (unpaired) electrons. The summed E-state index contributed by atoms with van der Waals surface area (Å²) < 4.78 is 10.9. The smallest absolute Gasteiger partial charge is 0.256 e. The highest BCUT2D eigenvalue weighted by atomic mass is 16.5. The summed E-state index contributed by atoms with van der Waals surface area (Å²) in [7, 11) is 1.76. The Bertz CT molecular complexity index is 1550. The molecule has 4 aromatic rings. The highest BCUT2D eigenvalue weighted by Gasteiger charge is 2.23. The summed E-state index contributed by atoms with van der Waals surface area (Å²) in [5.41, 5.74) is 3.44. The predicted molar refractivity (Wildman–Crippen MR) is 161 cm³/mol. The number of nitrogens with zero attached hydrogens (tertiary/aromatic N) is 4. The first-order chi connectivity index (χ1) is 20.6. The molecule has 1 saturated heterocycles. The minimum absolute atomic E-state index is 0.0104. The van der Waals surface area contributed by atoms with Crippen molar-refractivity contribution in [1.82, 2.24) is 19.9 Å². The number of amides is 2. The normalized spacial score (nSPS) is 18.9. The summed E-state index contributed by atoms with van der Waals surface area (Å²) in [5, 5.41) is 7.05. The van der Waals surface area contributed by atoms with Gasteiger partial charge in [-0.05, 0) is 55.5 Å². The molecule has 1 aliphatic heterocycles. The number of carbonyl (C=O) groups is 2. The van der Waals surface area contributed by atoms with Crippen molar-refractivity contribution in [1.29, 1.82) is 0 Å². The van der Waals surface area contributed by atoms with E-state index in [0.29, 0.717) is 66.2 Å². The van der Waals surface area contributed by atoms with Crippen molar-refractivity contribution >= 4 is 34.5 Å². The maximum absolute atomic E-state index is 13.0. The third kappa shape index (κ3) is 6.09. The highest BCUT2D eigenvalue weighted by Crippen LogP contribution is 2.32. The van der Waals surface area contributed by atoms with E-state index < -0.39 is 0 Å². The Labute approximate surface area is 244 Å². The molecule has 0 spiro atoms. The SMILES string of the molecule is CO[C@H]1CC[C@H](Nc2ncc3c(NC(=O)c4ccccc4)ncc(-c4ccc(C(=O)N5CCOCC5)cc4)c3n2)CC1. The molecule has 1 aliphatic carbocycles. The van der Waals surface area contributed by atoms with Gasteiger partial charge in [0.2, 0.25) is 5.95 Å². The number of rotatable bonds is 7. The van der Waals surface area contributed by atoms with Crippen molar-refractivity contribution < 1.29 is 19.1 Å². The second-order valence-electron chi connectivity index (χ2n) is 10.6. The van der Waals surface area contributed by atoms with Gasteiger partial charge in [0.05, 0.1) is 30.2 Å². The number of morpholine rings is 1. The fraction of sp³-hybridized carbons (Fsp3) is 0.344. The summed E-state index contributed by atoms with van der Waals surface area (Å²) in [4.78, 5) is 41.9. The Morgan fingerprint density at radius 1 is 0.905 bits per heavy atom. The minimum Gasteiger partial charge on any atom is -0.381 e. The van der Waals surface area contributed by atoms with Gasteiger partial charge in [0.25, 0.3) is 11.8 Å². The maximum atomic E-state index is 13.0. The second kappa shape index (κ2) is 12.6. The van der Waals surface area contributed by atoms with Gasteiger partial charge in [0.15, 0.2) is 0 Å². The molecule has 0 unspecified atom stereocenters. The number of hydrogen-bond acceptors (Lipinski definition) is 8. The number of ether oxygens (including phenoxy) is 2. The zero-order valence-electron chi connectivity index (χ0n) is 23.6. The van der Waals surface area contributed by atoms with E-state index in [0.717, 1.165) is 36.8 Å². The average molecular weight is 567 g/mol. The number of fused-ring (bicyclic) bond motifs is 1. The van der Waals surface area contributed by atoms with E-state index in [1.165, 1.54) is 0 Å². The lowest BCUT2D eigenvalue weighted by Crippen LogP contribution is -2.40. The number of pyridine rings is 1. The number of nitrogens with one attached hydrogen (secondary N) is 2. The van der Waals surface area contributed by atoms with E-state index >= 15 is 0 Å². The van der Waals surface area contributed by atoms with E-state index in [1.807, 2.05) is 47.4 Å². The Balaban J connectivity index is 1.32. The zero-order valence-corrected chi connectivity index (χ0v) is 23.6. The van der Waals surface area contributed by atoms with Crippen molar-refractivity contribution in [3.05, 3.63) is 78.1 Å². The van der Waals surface area contributed by atoms with E-state index in [2.05, 4.69) is 20.6 Å². The number of carbonyl (C=O) groups excluding carboxylic acids is 2. The van der Waals surface area contributed by atoms with Crippen LogP contribution in [0, 0.1) is 0 Å². The largest absolute Gasteiger partial charge is 0.381 e. The van der Waals surface area contributed by atoms with Crippen molar-refractivity contribution in [2.45, 2.75) is 37.8 Å². The number of benzene rings is 2. The first-order valence-corrected chi connectivity index (χ1v) is 14.4. The molecule has 2 aliphatic rings. The van der Waals surface area contributed by atoms with Crippen LogP contribution in [0.25, 0.3) is 22.0 Å². The van der Waals surface area contributed by atoms with Gasteiger partial charge in [-0.1, -0.05) is 30.3 Å². The van der Waals surface area contributed by atoms with E-state index in [9.17, 15) is 9.59 Å². The average Bonchev–Trinajstić information content (AvgIpc) is 3.06. The number of hydrogen-bond donors (Lipinski definition) is 2. The zero-order chi connectivity index (χ0) is 28.9. The first kappa shape index (κ1) is 27.7. The number of anilines is 2. The van der Waals surface area contributed by atoms with Crippen LogP contribution >= 0.6 is 0 Å².